The van der Waals surface area contributed by atoms with Gasteiger partial charge in [-0.05, 0) is 49.2 Å². The van der Waals surface area contributed by atoms with Crippen LogP contribution in [-0.4, -0.2) is 16.0 Å². The van der Waals surface area contributed by atoms with E-state index in [-0.39, 0.29) is 0 Å². The number of nitrogens with zero attached hydrogens (tertiary/aromatic N) is 2. The summed E-state index contributed by atoms with van der Waals surface area (Å²) in [4.78, 5) is 2.59. The fraction of sp³-hybridized carbons (Fsp3) is 0.375. The van der Waals surface area contributed by atoms with Crippen LogP contribution in [0.2, 0.25) is 0 Å². The topological polar surface area (TPSA) is 8.17 Å². The summed E-state index contributed by atoms with van der Waals surface area (Å²) in [5.74, 6) is 0. The zero-order valence-electron chi connectivity index (χ0n) is 11.2. The number of aromatic nitrogens is 1. The number of hydrogen-bond acceptors (Lipinski definition) is 1. The summed E-state index contributed by atoms with van der Waals surface area (Å²) in [6, 6.07) is 13.6. The average molecular weight is 319 g/mol. The van der Waals surface area contributed by atoms with Crippen LogP contribution in [0.1, 0.15) is 30.1 Å². The first-order valence-electron chi connectivity index (χ1n) is 6.84. The van der Waals surface area contributed by atoms with Gasteiger partial charge >= 0.3 is 0 Å². The Labute approximate surface area is 123 Å². The van der Waals surface area contributed by atoms with Crippen LogP contribution in [0.3, 0.4) is 0 Å². The van der Waals surface area contributed by atoms with Crippen LogP contribution in [0.15, 0.2) is 47.1 Å². The Kier molecular flexibility index (Phi) is 3.76. The van der Waals surface area contributed by atoms with Gasteiger partial charge < -0.3 is 4.57 Å². The van der Waals surface area contributed by atoms with Gasteiger partial charge in [0.25, 0.3) is 0 Å². The van der Waals surface area contributed by atoms with Crippen molar-refractivity contribution in [1.82, 2.24) is 9.47 Å². The second-order valence-electron chi connectivity index (χ2n) is 5.30. The molecule has 1 fully saturated rings. The van der Waals surface area contributed by atoms with Crippen LogP contribution >= 0.6 is 15.9 Å². The molecule has 1 aliphatic heterocycles. The highest BCUT2D eigenvalue weighted by Crippen LogP contribution is 2.33. The van der Waals surface area contributed by atoms with Crippen LogP contribution in [-0.2, 0) is 13.6 Å². The second-order valence-corrected chi connectivity index (χ2v) is 6.22. The van der Waals surface area contributed by atoms with Gasteiger partial charge in [0.05, 0.1) is 6.04 Å². The maximum absolute atomic E-state index is 3.55. The smallest absolute Gasteiger partial charge is 0.0504 e. The number of likely N-dealkylation sites (tertiary alicyclic amines) is 1. The molecule has 1 unspecified atom stereocenters. The zero-order valence-corrected chi connectivity index (χ0v) is 12.8. The van der Waals surface area contributed by atoms with Crippen molar-refractivity contribution in [3.05, 3.63) is 58.3 Å². The molecule has 100 valence electrons. The molecule has 19 heavy (non-hydrogen) atoms. The molecular formula is C16H19BrN2. The van der Waals surface area contributed by atoms with E-state index in [1.807, 2.05) is 0 Å². The minimum Gasteiger partial charge on any atom is -0.353 e. The Morgan fingerprint density at radius 1 is 1.26 bits per heavy atom. The molecule has 1 aromatic carbocycles. The van der Waals surface area contributed by atoms with E-state index in [0.717, 1.165) is 6.54 Å². The van der Waals surface area contributed by atoms with Crippen molar-refractivity contribution in [2.45, 2.75) is 25.4 Å². The maximum atomic E-state index is 3.55. The monoisotopic (exact) mass is 318 g/mol. The molecule has 1 aromatic heterocycles. The molecule has 1 atom stereocenters. The second kappa shape index (κ2) is 5.51. The van der Waals surface area contributed by atoms with E-state index < -0.39 is 0 Å². The van der Waals surface area contributed by atoms with E-state index in [1.165, 1.54) is 35.1 Å². The van der Waals surface area contributed by atoms with Crippen molar-refractivity contribution in [1.29, 1.82) is 0 Å². The summed E-state index contributed by atoms with van der Waals surface area (Å²) in [5.41, 5.74) is 2.82. The molecule has 3 heteroatoms. The highest BCUT2D eigenvalue weighted by molar-refractivity contribution is 9.10. The molecule has 0 spiro atoms. The Hall–Kier alpha value is -1.06. The highest BCUT2D eigenvalue weighted by atomic mass is 79.9. The maximum Gasteiger partial charge on any atom is 0.0504 e. The predicted molar refractivity (Wildman–Crippen MR) is 81.9 cm³/mol. The van der Waals surface area contributed by atoms with Crippen LogP contribution in [0, 0.1) is 0 Å². The number of rotatable bonds is 3. The number of hydrogen-bond donors (Lipinski definition) is 0. The lowest BCUT2D eigenvalue weighted by Gasteiger charge is -2.25. The minimum atomic E-state index is 0.569. The SMILES string of the molecule is Cn1cccc1C1CCCN1Cc1cccc(Br)c1. The van der Waals surface area contributed by atoms with Crippen molar-refractivity contribution in [2.24, 2.45) is 7.05 Å². The van der Waals surface area contributed by atoms with E-state index in [1.54, 1.807) is 0 Å². The van der Waals surface area contributed by atoms with Gasteiger partial charge in [-0.1, -0.05) is 28.1 Å². The molecule has 2 nitrogen and oxygen atoms in total. The third-order valence-electron chi connectivity index (χ3n) is 3.96. The van der Waals surface area contributed by atoms with Gasteiger partial charge in [0.1, 0.15) is 0 Å². The molecule has 0 aliphatic carbocycles. The first-order chi connectivity index (χ1) is 9.24. The third-order valence-corrected chi connectivity index (χ3v) is 4.46. The Bertz CT molecular complexity index is 561. The standard InChI is InChI=1S/C16H19BrN2/c1-18-9-3-7-15(18)16-8-4-10-19(16)12-13-5-2-6-14(17)11-13/h2-3,5-7,9,11,16H,4,8,10,12H2,1H3. The zero-order chi connectivity index (χ0) is 13.2. The van der Waals surface area contributed by atoms with Crippen LogP contribution in [0.5, 0.6) is 0 Å². The lowest BCUT2D eigenvalue weighted by atomic mass is 10.1. The van der Waals surface area contributed by atoms with Crippen LogP contribution in [0.25, 0.3) is 0 Å². The lowest BCUT2D eigenvalue weighted by Crippen LogP contribution is -2.24. The Morgan fingerprint density at radius 3 is 2.89 bits per heavy atom. The van der Waals surface area contributed by atoms with Gasteiger partial charge in [0, 0.05) is 30.0 Å². The van der Waals surface area contributed by atoms with E-state index >= 15 is 0 Å². The van der Waals surface area contributed by atoms with Gasteiger partial charge in [-0.25, -0.2) is 0 Å². The lowest BCUT2D eigenvalue weighted by molar-refractivity contribution is 0.241. The van der Waals surface area contributed by atoms with E-state index in [2.05, 4.69) is 75.0 Å². The molecule has 0 amide bonds. The van der Waals surface area contributed by atoms with Crippen molar-refractivity contribution in [2.75, 3.05) is 6.54 Å². The summed E-state index contributed by atoms with van der Waals surface area (Å²) < 4.78 is 3.42. The number of benzene rings is 1. The summed E-state index contributed by atoms with van der Waals surface area (Å²) in [7, 11) is 2.14. The highest BCUT2D eigenvalue weighted by Gasteiger charge is 2.27. The van der Waals surface area contributed by atoms with E-state index in [0.29, 0.717) is 6.04 Å². The fourth-order valence-electron chi connectivity index (χ4n) is 3.04. The fourth-order valence-corrected chi connectivity index (χ4v) is 3.49. The molecule has 2 heterocycles. The minimum absolute atomic E-state index is 0.569. The first kappa shape index (κ1) is 12.9. The van der Waals surface area contributed by atoms with E-state index in [4.69, 9.17) is 0 Å². The molecule has 0 N–H and O–H groups in total. The van der Waals surface area contributed by atoms with Crippen LogP contribution < -0.4 is 0 Å². The largest absolute Gasteiger partial charge is 0.353 e. The number of halogens is 1. The van der Waals surface area contributed by atoms with Crippen molar-refractivity contribution >= 4 is 15.9 Å². The molecular weight excluding hydrogens is 300 g/mol. The Balaban J connectivity index is 1.79. The first-order valence-corrected chi connectivity index (χ1v) is 7.63. The van der Waals surface area contributed by atoms with Crippen LogP contribution in [0.4, 0.5) is 0 Å². The van der Waals surface area contributed by atoms with Gasteiger partial charge in [-0.3, -0.25) is 4.90 Å². The molecule has 3 rings (SSSR count). The third kappa shape index (κ3) is 2.77. The average Bonchev–Trinajstić information content (AvgIpc) is 2.98. The number of aryl methyl sites for hydroxylation is 1. The molecule has 0 bridgehead atoms. The molecule has 1 aliphatic rings. The molecule has 0 radical (unpaired) electrons. The van der Waals surface area contributed by atoms with Crippen molar-refractivity contribution in [3.63, 3.8) is 0 Å². The van der Waals surface area contributed by atoms with Gasteiger partial charge in [0.15, 0.2) is 0 Å². The molecule has 1 saturated heterocycles. The van der Waals surface area contributed by atoms with E-state index in [9.17, 15) is 0 Å². The van der Waals surface area contributed by atoms with Crippen molar-refractivity contribution < 1.29 is 0 Å². The normalized spacial score (nSPS) is 20.0. The summed E-state index contributed by atoms with van der Waals surface area (Å²) >= 11 is 3.55. The van der Waals surface area contributed by atoms with Gasteiger partial charge in [-0.2, -0.15) is 0 Å². The van der Waals surface area contributed by atoms with Gasteiger partial charge in [-0.15, -0.1) is 0 Å². The van der Waals surface area contributed by atoms with Crippen molar-refractivity contribution in [3.8, 4) is 0 Å². The predicted octanol–water partition coefficient (Wildman–Crippen LogP) is 4.12. The quantitative estimate of drug-likeness (QED) is 0.826. The molecule has 2 aromatic rings. The summed E-state index contributed by atoms with van der Waals surface area (Å²) in [6.45, 7) is 2.23. The van der Waals surface area contributed by atoms with Gasteiger partial charge in [0.2, 0.25) is 0 Å². The summed E-state index contributed by atoms with van der Waals surface area (Å²) in [6.07, 6.45) is 4.71. The molecule has 0 saturated carbocycles. The Morgan fingerprint density at radius 2 is 2.16 bits per heavy atom. The summed E-state index contributed by atoms with van der Waals surface area (Å²) in [5, 5.41) is 0.